The number of methoxy groups -OCH3 is 1. The monoisotopic (exact) mass is 590 g/mol. The normalized spacial score (nSPS) is 14.5. The van der Waals surface area contributed by atoms with Gasteiger partial charge in [-0.15, -0.1) is 5.10 Å². The second-order valence-corrected chi connectivity index (χ2v) is 10.8. The number of hydrogen-bond donors (Lipinski definition) is 1. The Labute approximate surface area is 225 Å². The largest absolute Gasteiger partial charge is 0.516 e. The van der Waals surface area contributed by atoms with Crippen LogP contribution in [0.3, 0.4) is 0 Å². The molecule has 1 amide bonds. The Bertz CT molecular complexity index is 1570. The molecule has 4 rings (SSSR count). The molecule has 3 aromatic rings. The van der Waals surface area contributed by atoms with Crippen LogP contribution in [0.2, 0.25) is 5.02 Å². The Morgan fingerprint density at radius 1 is 1.23 bits per heavy atom. The molecule has 0 saturated heterocycles. The van der Waals surface area contributed by atoms with Gasteiger partial charge in [0, 0.05) is 12.7 Å². The first-order chi connectivity index (χ1) is 18.3. The number of halogens is 5. The average molecular weight is 591 g/mol. The molecule has 210 valence electrons. The number of aryl methyl sites for hydroxylation is 2. The number of carbonyl (C=O) groups excluding carboxylic acids is 1. The minimum absolute atomic E-state index is 0.0233. The number of aromatic nitrogens is 2. The predicted molar refractivity (Wildman–Crippen MR) is 135 cm³/mol. The number of nitrogens with zero attached hydrogens (tertiary/aromatic N) is 5. The lowest BCUT2D eigenvalue weighted by molar-refractivity contribution is -0.0477. The van der Waals surface area contributed by atoms with Gasteiger partial charge in [0.25, 0.3) is 5.91 Å². The summed E-state index contributed by atoms with van der Waals surface area (Å²) in [5.74, 6) is -1.24. The number of pyridine rings is 1. The molecule has 39 heavy (non-hydrogen) atoms. The summed E-state index contributed by atoms with van der Waals surface area (Å²) in [6, 6.07) is 4.85. The van der Waals surface area contributed by atoms with Gasteiger partial charge < -0.3 is 10.1 Å². The molecule has 10 nitrogen and oxygen atoms in total. The lowest BCUT2D eigenvalue weighted by atomic mass is 10.1. The lowest BCUT2D eigenvalue weighted by Gasteiger charge is -2.32. The number of hydrogen-bond acceptors (Lipinski definition) is 7. The number of benzene rings is 1. The van der Waals surface area contributed by atoms with Crippen molar-refractivity contribution in [2.24, 2.45) is 5.10 Å². The summed E-state index contributed by atoms with van der Waals surface area (Å²) in [7, 11) is -4.79. The van der Waals surface area contributed by atoms with Crippen LogP contribution in [0.1, 0.15) is 34.2 Å². The zero-order chi connectivity index (χ0) is 28.7. The summed E-state index contributed by atoms with van der Waals surface area (Å²) in [6.07, 6.45) is 2.10. The summed E-state index contributed by atoms with van der Waals surface area (Å²) in [4.78, 5) is 17.5. The molecule has 1 aliphatic rings. The van der Waals surface area contributed by atoms with E-state index >= 15 is 0 Å². The van der Waals surface area contributed by atoms with E-state index in [9.17, 15) is 30.8 Å². The molecular weight excluding hydrogens is 568 g/mol. The molecule has 16 heteroatoms. The van der Waals surface area contributed by atoms with E-state index in [1.807, 2.05) is 13.8 Å². The number of anilines is 1. The van der Waals surface area contributed by atoms with E-state index in [0.29, 0.717) is 34.0 Å². The highest BCUT2D eigenvalue weighted by atomic mass is 35.5. The summed E-state index contributed by atoms with van der Waals surface area (Å²) in [5, 5.41) is 7.93. The van der Waals surface area contributed by atoms with E-state index in [4.69, 9.17) is 16.3 Å². The van der Waals surface area contributed by atoms with Gasteiger partial charge in [-0.2, -0.15) is 21.6 Å². The van der Waals surface area contributed by atoms with Crippen LogP contribution in [0.4, 0.5) is 23.2 Å². The standard InChI is InChI=1S/C23H23ClF4N6O4S/c1-4-17-20(32-12-15(24)13(2)9-19(32)30-17)21(35)29-11-14-5-6-18(16(25)10-14)33-7-8-34(22(31-33)38-3)39(36,37)23(26,27)28/h5-6,9-10,12H,4,7-8,11H2,1-3H3,(H,29,35). The summed E-state index contributed by atoms with van der Waals surface area (Å²) in [5.41, 5.74) is -3.05. The maximum Gasteiger partial charge on any atom is 0.516 e. The van der Waals surface area contributed by atoms with Crippen molar-refractivity contribution in [2.75, 3.05) is 25.2 Å². The number of imidazole rings is 1. The van der Waals surface area contributed by atoms with Gasteiger partial charge >= 0.3 is 21.6 Å². The fourth-order valence-corrected chi connectivity index (χ4v) is 5.02. The molecule has 0 radical (unpaired) electrons. The molecule has 0 bridgehead atoms. The smallest absolute Gasteiger partial charge is 0.467 e. The van der Waals surface area contributed by atoms with Gasteiger partial charge in [0.1, 0.15) is 17.2 Å². The third-order valence-electron chi connectivity index (χ3n) is 5.97. The number of amidine groups is 1. The van der Waals surface area contributed by atoms with Crippen LogP contribution in [0.15, 0.2) is 35.6 Å². The van der Waals surface area contributed by atoms with Crippen LogP contribution in [0.25, 0.3) is 5.65 Å². The summed E-state index contributed by atoms with van der Waals surface area (Å²) >= 11 is 6.23. The van der Waals surface area contributed by atoms with Crippen molar-refractivity contribution in [2.45, 2.75) is 32.3 Å². The molecule has 3 heterocycles. The highest BCUT2D eigenvalue weighted by molar-refractivity contribution is 7.90. The number of hydrazone groups is 1. The number of amides is 1. The topological polar surface area (TPSA) is 109 Å². The van der Waals surface area contributed by atoms with E-state index < -0.39 is 39.8 Å². The zero-order valence-electron chi connectivity index (χ0n) is 20.9. The fraction of sp³-hybridized carbons (Fsp3) is 0.348. The van der Waals surface area contributed by atoms with E-state index in [2.05, 4.69) is 15.4 Å². The number of alkyl halides is 3. The van der Waals surface area contributed by atoms with Crippen LogP contribution in [0, 0.1) is 12.7 Å². The summed E-state index contributed by atoms with van der Waals surface area (Å²) in [6.45, 7) is 2.60. The van der Waals surface area contributed by atoms with E-state index in [1.54, 1.807) is 16.7 Å². The highest BCUT2D eigenvalue weighted by Gasteiger charge is 2.52. The average Bonchev–Trinajstić information content (AvgIpc) is 3.23. The van der Waals surface area contributed by atoms with Gasteiger partial charge in [0.05, 0.1) is 36.6 Å². The molecule has 0 unspecified atom stereocenters. The van der Waals surface area contributed by atoms with Crippen molar-refractivity contribution in [3.63, 3.8) is 0 Å². The maximum atomic E-state index is 15.0. The van der Waals surface area contributed by atoms with Gasteiger partial charge in [0.2, 0.25) is 0 Å². The van der Waals surface area contributed by atoms with Gasteiger partial charge in [-0.05, 0) is 42.7 Å². The van der Waals surface area contributed by atoms with E-state index in [1.165, 1.54) is 12.1 Å². The van der Waals surface area contributed by atoms with Crippen molar-refractivity contribution in [1.29, 1.82) is 0 Å². The van der Waals surface area contributed by atoms with Gasteiger partial charge in [-0.1, -0.05) is 24.6 Å². The van der Waals surface area contributed by atoms with Crippen LogP contribution in [0.5, 0.6) is 0 Å². The Balaban J connectivity index is 1.52. The van der Waals surface area contributed by atoms with Crippen LogP contribution < -0.4 is 10.3 Å². The molecule has 0 fully saturated rings. The van der Waals surface area contributed by atoms with Crippen molar-refractivity contribution < 1.29 is 35.5 Å². The van der Waals surface area contributed by atoms with Crippen LogP contribution in [-0.2, 0) is 27.7 Å². The first-order valence-electron chi connectivity index (χ1n) is 11.5. The molecule has 1 aliphatic heterocycles. The first-order valence-corrected chi connectivity index (χ1v) is 13.3. The fourth-order valence-electron chi connectivity index (χ4n) is 3.98. The minimum Gasteiger partial charge on any atom is -0.467 e. The third-order valence-corrected chi connectivity index (χ3v) is 7.87. The quantitative estimate of drug-likeness (QED) is 0.437. The number of sulfonamides is 1. The number of rotatable bonds is 6. The third kappa shape index (κ3) is 5.32. The molecule has 0 spiro atoms. The number of fused-ring (bicyclic) bond motifs is 1. The Morgan fingerprint density at radius 2 is 1.95 bits per heavy atom. The summed E-state index contributed by atoms with van der Waals surface area (Å²) < 4.78 is 83.8. The molecule has 1 N–H and O–H groups in total. The van der Waals surface area contributed by atoms with Crippen molar-refractivity contribution in [3.8, 4) is 0 Å². The maximum absolute atomic E-state index is 15.0. The molecule has 0 aliphatic carbocycles. The van der Waals surface area contributed by atoms with Crippen molar-refractivity contribution in [3.05, 3.63) is 63.8 Å². The number of ether oxygens (including phenoxy) is 1. The SMILES string of the molecule is CCc1nc2cc(C)c(Cl)cn2c1C(=O)NCc1ccc(N2CCN(S(=O)(=O)C(F)(F)F)C(OC)=N2)c(F)c1. The predicted octanol–water partition coefficient (Wildman–Crippen LogP) is 3.82. The molecule has 2 aromatic heterocycles. The van der Waals surface area contributed by atoms with Gasteiger partial charge in [-0.3, -0.25) is 14.2 Å². The number of nitrogens with one attached hydrogen (secondary N) is 1. The Morgan fingerprint density at radius 3 is 2.56 bits per heavy atom. The highest BCUT2D eigenvalue weighted by Crippen LogP contribution is 2.30. The lowest BCUT2D eigenvalue weighted by Crippen LogP contribution is -2.51. The van der Waals surface area contributed by atoms with Crippen LogP contribution >= 0.6 is 11.6 Å². The molecule has 0 saturated carbocycles. The zero-order valence-corrected chi connectivity index (χ0v) is 22.5. The molecule has 1 aromatic carbocycles. The van der Waals surface area contributed by atoms with Crippen molar-refractivity contribution >= 4 is 44.9 Å². The van der Waals surface area contributed by atoms with Gasteiger partial charge in [0.15, 0.2) is 0 Å². The second kappa shape index (κ2) is 10.5. The Kier molecular flexibility index (Phi) is 7.67. The number of carbonyl (C=O) groups is 1. The second-order valence-electron chi connectivity index (χ2n) is 8.49. The minimum atomic E-state index is -5.74. The van der Waals surface area contributed by atoms with Crippen molar-refractivity contribution in [1.82, 2.24) is 19.0 Å². The molecular formula is C23H23ClF4N6O4S. The van der Waals surface area contributed by atoms with E-state index in [0.717, 1.165) is 23.7 Å². The Hall–Kier alpha value is -3.59. The van der Waals surface area contributed by atoms with E-state index in [-0.39, 0.29) is 23.1 Å². The molecule has 0 atom stereocenters. The first kappa shape index (κ1) is 28.4. The van der Waals surface area contributed by atoms with Gasteiger partial charge in [-0.25, -0.2) is 13.7 Å². The van der Waals surface area contributed by atoms with Crippen LogP contribution in [-0.4, -0.2) is 59.7 Å².